The molecule has 0 saturated carbocycles. The molecule has 0 spiro atoms. The van der Waals surface area contributed by atoms with Crippen LogP contribution in [-0.4, -0.2) is 65.9 Å². The fourth-order valence-electron chi connectivity index (χ4n) is 6.24. The van der Waals surface area contributed by atoms with Crippen LogP contribution < -0.4 is 27.4 Å². The summed E-state index contributed by atoms with van der Waals surface area (Å²) in [6.07, 6.45) is 4.91. The van der Waals surface area contributed by atoms with E-state index in [4.69, 9.17) is 34.7 Å². The molecule has 3 aromatic carbocycles. The molecule has 0 unspecified atom stereocenters. The SMILES string of the molecule is CN1C(=O)[C@H](CCCCN)NC(=O)[C@H](CCCN)NCc2ccccc2Sc2c(Cl)cc(Cl)cc2CNC(=O)[C@@H]1Cc1c[nH]c2ccccc12. The number of nitrogens with one attached hydrogen (secondary N) is 4. The van der Waals surface area contributed by atoms with Crippen LogP contribution in [0, 0.1) is 0 Å². The fourth-order valence-corrected chi connectivity index (χ4v) is 7.94. The zero-order valence-electron chi connectivity index (χ0n) is 28.1. The Morgan fingerprint density at radius 1 is 0.860 bits per heavy atom. The first-order valence-electron chi connectivity index (χ1n) is 17.0. The predicted octanol–water partition coefficient (Wildman–Crippen LogP) is 5.14. The smallest absolute Gasteiger partial charge is 0.245 e. The number of benzene rings is 3. The molecule has 0 saturated heterocycles. The summed E-state index contributed by atoms with van der Waals surface area (Å²) in [7, 11) is 1.62. The molecule has 10 nitrogen and oxygen atoms in total. The number of amides is 3. The molecule has 2 heterocycles. The first kappa shape index (κ1) is 37.7. The van der Waals surface area contributed by atoms with Gasteiger partial charge in [0.05, 0.1) is 11.1 Å². The molecule has 1 aromatic heterocycles. The number of H-pyrrole nitrogens is 1. The molecular weight excluding hydrogens is 693 g/mol. The number of para-hydroxylation sites is 1. The van der Waals surface area contributed by atoms with Crippen LogP contribution >= 0.6 is 35.0 Å². The lowest BCUT2D eigenvalue weighted by Gasteiger charge is -2.32. The number of hydrogen-bond donors (Lipinski definition) is 6. The van der Waals surface area contributed by atoms with Crippen molar-refractivity contribution in [2.24, 2.45) is 11.5 Å². The number of carbonyl (C=O) groups is 3. The number of rotatable bonds is 9. The molecule has 13 heteroatoms. The Balaban J connectivity index is 1.57. The maximum absolute atomic E-state index is 14.4. The lowest BCUT2D eigenvalue weighted by molar-refractivity contribution is -0.142. The molecule has 0 radical (unpaired) electrons. The van der Waals surface area contributed by atoms with Crippen LogP contribution in [-0.2, 0) is 33.9 Å². The molecule has 266 valence electrons. The Labute approximate surface area is 307 Å². The van der Waals surface area contributed by atoms with Crippen molar-refractivity contribution >= 4 is 63.6 Å². The Morgan fingerprint density at radius 2 is 1.60 bits per heavy atom. The van der Waals surface area contributed by atoms with Crippen LogP contribution in [0.3, 0.4) is 0 Å². The molecule has 4 aromatic rings. The van der Waals surface area contributed by atoms with Crippen molar-refractivity contribution in [3.63, 3.8) is 0 Å². The summed E-state index contributed by atoms with van der Waals surface area (Å²) in [6.45, 7) is 1.40. The number of nitrogens with zero attached hydrogens (tertiary/aromatic N) is 1. The molecule has 0 bridgehead atoms. The molecule has 8 N–H and O–H groups in total. The summed E-state index contributed by atoms with van der Waals surface area (Å²) in [6, 6.07) is 16.8. The van der Waals surface area contributed by atoms with E-state index in [1.54, 1.807) is 19.2 Å². The van der Waals surface area contributed by atoms with E-state index >= 15 is 0 Å². The number of aromatic nitrogens is 1. The number of aromatic amines is 1. The van der Waals surface area contributed by atoms with Crippen LogP contribution in [0.25, 0.3) is 10.9 Å². The van der Waals surface area contributed by atoms with E-state index < -0.39 is 18.1 Å². The molecule has 0 aliphatic carbocycles. The molecule has 1 aliphatic heterocycles. The number of fused-ring (bicyclic) bond motifs is 3. The van der Waals surface area contributed by atoms with Crippen LogP contribution in [0.2, 0.25) is 10.0 Å². The monoisotopic (exact) mass is 737 g/mol. The topological polar surface area (TPSA) is 158 Å². The maximum Gasteiger partial charge on any atom is 0.245 e. The average molecular weight is 739 g/mol. The Bertz CT molecular complexity index is 1800. The van der Waals surface area contributed by atoms with Gasteiger partial charge in [-0.1, -0.05) is 71.4 Å². The van der Waals surface area contributed by atoms with E-state index in [0.29, 0.717) is 61.8 Å². The van der Waals surface area contributed by atoms with Crippen LogP contribution in [0.15, 0.2) is 76.7 Å². The summed E-state index contributed by atoms with van der Waals surface area (Å²) in [5, 5.41) is 11.4. The first-order chi connectivity index (χ1) is 24.2. The van der Waals surface area contributed by atoms with E-state index in [0.717, 1.165) is 37.4 Å². The van der Waals surface area contributed by atoms with E-state index in [1.165, 1.54) is 16.7 Å². The minimum Gasteiger partial charge on any atom is -0.361 e. The van der Waals surface area contributed by atoms with E-state index in [1.807, 2.05) is 54.7 Å². The van der Waals surface area contributed by atoms with Crippen molar-refractivity contribution in [1.82, 2.24) is 25.8 Å². The second-order valence-corrected chi connectivity index (χ2v) is 14.4. The molecule has 0 fully saturated rings. The second-order valence-electron chi connectivity index (χ2n) is 12.5. The van der Waals surface area contributed by atoms with Crippen LogP contribution in [0.4, 0.5) is 0 Å². The van der Waals surface area contributed by atoms with E-state index in [9.17, 15) is 14.4 Å². The zero-order chi connectivity index (χ0) is 35.6. The highest BCUT2D eigenvalue weighted by atomic mass is 35.5. The normalized spacial score (nSPS) is 19.4. The third-order valence-electron chi connectivity index (χ3n) is 9.04. The highest BCUT2D eigenvalue weighted by Gasteiger charge is 2.34. The van der Waals surface area contributed by atoms with Crippen molar-refractivity contribution in [1.29, 1.82) is 0 Å². The summed E-state index contributed by atoms with van der Waals surface area (Å²) >= 11 is 14.8. The Kier molecular flexibility index (Phi) is 13.6. The van der Waals surface area contributed by atoms with Crippen molar-refractivity contribution < 1.29 is 14.4 Å². The summed E-state index contributed by atoms with van der Waals surface area (Å²) in [5.74, 6) is -1.00. The number of likely N-dealkylation sites (N-methyl/N-ethyl adjacent to an activating group) is 1. The first-order valence-corrected chi connectivity index (χ1v) is 18.5. The van der Waals surface area contributed by atoms with Crippen LogP contribution in [0.5, 0.6) is 0 Å². The fraction of sp³-hybridized carbons (Fsp3) is 0.378. The van der Waals surface area contributed by atoms with Crippen molar-refractivity contribution in [2.45, 2.75) is 79.5 Å². The molecular formula is C37H45Cl2N7O3S. The van der Waals surface area contributed by atoms with E-state index in [-0.39, 0.29) is 30.7 Å². The molecule has 3 atom stereocenters. The molecule has 50 heavy (non-hydrogen) atoms. The van der Waals surface area contributed by atoms with Gasteiger partial charge in [-0.05, 0) is 86.1 Å². The van der Waals surface area contributed by atoms with Gasteiger partial charge in [0.1, 0.15) is 12.1 Å². The molecule has 5 rings (SSSR count). The Morgan fingerprint density at radius 3 is 2.40 bits per heavy atom. The van der Waals surface area contributed by atoms with Gasteiger partial charge < -0.3 is 37.3 Å². The summed E-state index contributed by atoms with van der Waals surface area (Å²) in [4.78, 5) is 49.0. The Hall–Kier alpha value is -3.58. The van der Waals surface area contributed by atoms with Crippen LogP contribution in [0.1, 0.15) is 48.8 Å². The summed E-state index contributed by atoms with van der Waals surface area (Å²) in [5.41, 5.74) is 15.2. The largest absolute Gasteiger partial charge is 0.361 e. The van der Waals surface area contributed by atoms with Crippen molar-refractivity contribution in [3.8, 4) is 0 Å². The quantitative estimate of drug-likeness (QED) is 0.130. The van der Waals surface area contributed by atoms with Gasteiger partial charge in [0.15, 0.2) is 0 Å². The number of halogens is 2. The number of unbranched alkanes of at least 4 members (excludes halogenated alkanes) is 1. The minimum absolute atomic E-state index is 0.131. The third-order valence-corrected chi connectivity index (χ3v) is 11.0. The van der Waals surface area contributed by atoms with Crippen molar-refractivity contribution in [2.75, 3.05) is 20.1 Å². The minimum atomic E-state index is -0.899. The van der Waals surface area contributed by atoms with Gasteiger partial charge in [-0.25, -0.2) is 0 Å². The maximum atomic E-state index is 14.4. The zero-order valence-corrected chi connectivity index (χ0v) is 30.5. The van der Waals surface area contributed by atoms with Gasteiger partial charge in [-0.3, -0.25) is 14.4 Å². The molecule has 1 aliphatic rings. The number of nitrogens with two attached hydrogens (primary N) is 2. The summed E-state index contributed by atoms with van der Waals surface area (Å²) < 4.78 is 0. The van der Waals surface area contributed by atoms with Gasteiger partial charge in [0.2, 0.25) is 17.7 Å². The van der Waals surface area contributed by atoms with Gasteiger partial charge in [-0.15, -0.1) is 0 Å². The standard InChI is InChI=1S/C37H45Cl2N7O3S/c1-46-32(18-24-21-42-29-11-4-3-10-27(24)29)36(48)44-22-25-17-26(38)19-28(39)34(25)50-33-14-5-2-9-23(33)20-43-30(13-8-16-41)35(47)45-31(37(46)49)12-6-7-15-40/h2-5,9-11,14,17,19,21,30-32,42-43H,6-8,12-13,15-16,18,20,22,40-41H2,1H3,(H,44,48)(H,45,47)/t30-,31-,32-/m0/s1. The van der Waals surface area contributed by atoms with Crippen molar-refractivity contribution in [3.05, 3.63) is 93.6 Å². The van der Waals surface area contributed by atoms with E-state index in [2.05, 4.69) is 20.9 Å². The lowest BCUT2D eigenvalue weighted by Crippen LogP contribution is -2.57. The van der Waals surface area contributed by atoms with Gasteiger partial charge in [-0.2, -0.15) is 0 Å². The second kappa shape index (κ2) is 18.1. The van der Waals surface area contributed by atoms with Gasteiger partial charge in [0.25, 0.3) is 0 Å². The number of carbonyl (C=O) groups excluding carboxylic acids is 3. The van der Waals surface area contributed by atoms with Gasteiger partial charge in [0, 0.05) is 58.5 Å². The molecule has 3 amide bonds. The average Bonchev–Trinajstić information content (AvgIpc) is 3.52. The number of hydrogen-bond acceptors (Lipinski definition) is 7. The predicted molar refractivity (Wildman–Crippen MR) is 201 cm³/mol. The highest BCUT2D eigenvalue weighted by Crippen LogP contribution is 2.39. The highest BCUT2D eigenvalue weighted by molar-refractivity contribution is 7.99. The van der Waals surface area contributed by atoms with Gasteiger partial charge >= 0.3 is 0 Å². The lowest BCUT2D eigenvalue weighted by atomic mass is 10.0. The third kappa shape index (κ3) is 9.39.